The summed E-state index contributed by atoms with van der Waals surface area (Å²) in [5.74, 6) is 2.32. The van der Waals surface area contributed by atoms with Gasteiger partial charge in [-0.1, -0.05) is 25.3 Å². The lowest BCUT2D eigenvalue weighted by Gasteiger charge is -2.20. The van der Waals surface area contributed by atoms with E-state index in [1.807, 2.05) is 0 Å². The van der Waals surface area contributed by atoms with Crippen LogP contribution in [0.2, 0.25) is 0 Å². The van der Waals surface area contributed by atoms with Crippen LogP contribution in [0, 0.1) is 5.92 Å². The van der Waals surface area contributed by atoms with Crippen molar-refractivity contribution in [1.29, 1.82) is 0 Å². The molecule has 0 saturated heterocycles. The van der Waals surface area contributed by atoms with E-state index in [1.54, 1.807) is 0 Å². The van der Waals surface area contributed by atoms with Crippen molar-refractivity contribution in [2.24, 2.45) is 13.0 Å². The third kappa shape index (κ3) is 2.99. The van der Waals surface area contributed by atoms with Gasteiger partial charge in [-0.2, -0.15) is 0 Å². The molecule has 1 N–H and O–H groups in total. The van der Waals surface area contributed by atoms with Crippen molar-refractivity contribution >= 4 is 16.9 Å². The van der Waals surface area contributed by atoms with E-state index in [4.69, 9.17) is 4.98 Å². The summed E-state index contributed by atoms with van der Waals surface area (Å²) in [6, 6.07) is 6.38. The second-order valence-corrected chi connectivity index (χ2v) is 7.18. The summed E-state index contributed by atoms with van der Waals surface area (Å²) in [6.45, 7) is 0.612. The molecule has 0 unspecified atom stereocenters. The first-order valence-corrected chi connectivity index (χ1v) is 8.95. The van der Waals surface area contributed by atoms with Crippen LogP contribution in [0.1, 0.15) is 62.3 Å². The zero-order valence-corrected chi connectivity index (χ0v) is 13.8. The van der Waals surface area contributed by atoms with Gasteiger partial charge in [-0.3, -0.25) is 4.79 Å². The molecule has 2 aliphatic rings. The number of amides is 1. The number of carbonyl (C=O) groups excluding carboxylic acids is 1. The Balaban J connectivity index is 1.45. The number of nitrogens with one attached hydrogen (secondary N) is 1. The largest absolute Gasteiger partial charge is 0.352 e. The Kier molecular flexibility index (Phi) is 3.83. The lowest BCUT2D eigenvalue weighted by molar-refractivity contribution is -0.126. The van der Waals surface area contributed by atoms with Gasteiger partial charge in [0.2, 0.25) is 5.91 Å². The third-order valence-corrected chi connectivity index (χ3v) is 5.37. The Morgan fingerprint density at radius 2 is 2.00 bits per heavy atom. The quantitative estimate of drug-likeness (QED) is 0.937. The molecule has 0 atom stereocenters. The molecule has 1 aromatic carbocycles. The molecule has 4 heteroatoms. The monoisotopic (exact) mass is 311 g/mol. The third-order valence-electron chi connectivity index (χ3n) is 5.37. The lowest BCUT2D eigenvalue weighted by atomic mass is 9.88. The van der Waals surface area contributed by atoms with Gasteiger partial charge < -0.3 is 9.88 Å². The Labute approximate surface area is 137 Å². The smallest absolute Gasteiger partial charge is 0.223 e. The molecule has 2 saturated carbocycles. The number of carbonyl (C=O) groups is 1. The first-order valence-electron chi connectivity index (χ1n) is 8.95. The van der Waals surface area contributed by atoms with E-state index in [1.165, 1.54) is 43.4 Å². The van der Waals surface area contributed by atoms with Crippen LogP contribution in [-0.2, 0) is 18.4 Å². The average molecular weight is 311 g/mol. The second-order valence-electron chi connectivity index (χ2n) is 7.18. The van der Waals surface area contributed by atoms with Crippen molar-refractivity contribution in [3.05, 3.63) is 29.6 Å². The molecule has 1 aromatic heterocycles. The first-order chi connectivity index (χ1) is 11.2. The van der Waals surface area contributed by atoms with E-state index in [-0.39, 0.29) is 11.8 Å². The summed E-state index contributed by atoms with van der Waals surface area (Å²) < 4.78 is 2.22. The molecule has 1 amide bonds. The van der Waals surface area contributed by atoms with Crippen LogP contribution >= 0.6 is 0 Å². The van der Waals surface area contributed by atoms with E-state index in [0.29, 0.717) is 12.5 Å². The number of imidazole rings is 1. The molecule has 4 rings (SSSR count). The Bertz CT molecular complexity index is 724. The molecular weight excluding hydrogens is 286 g/mol. The predicted molar refractivity (Wildman–Crippen MR) is 91.1 cm³/mol. The molecular formula is C19H25N3O. The van der Waals surface area contributed by atoms with E-state index in [9.17, 15) is 4.79 Å². The minimum absolute atomic E-state index is 0.226. The van der Waals surface area contributed by atoms with Crippen molar-refractivity contribution in [2.45, 2.75) is 57.4 Å². The highest BCUT2D eigenvalue weighted by atomic mass is 16.1. The minimum Gasteiger partial charge on any atom is -0.352 e. The zero-order chi connectivity index (χ0) is 15.8. The van der Waals surface area contributed by atoms with Gasteiger partial charge in [0.05, 0.1) is 11.0 Å². The van der Waals surface area contributed by atoms with E-state index in [0.717, 1.165) is 23.9 Å². The van der Waals surface area contributed by atoms with Gasteiger partial charge in [-0.25, -0.2) is 4.98 Å². The van der Waals surface area contributed by atoms with Crippen molar-refractivity contribution in [1.82, 2.24) is 14.9 Å². The number of aryl methyl sites for hydroxylation is 1. The van der Waals surface area contributed by atoms with Gasteiger partial charge in [0.25, 0.3) is 0 Å². The number of fused-ring (bicyclic) bond motifs is 1. The number of nitrogens with zero attached hydrogens (tertiary/aromatic N) is 2. The molecule has 0 bridgehead atoms. The van der Waals surface area contributed by atoms with Crippen LogP contribution in [0.25, 0.3) is 11.0 Å². The summed E-state index contributed by atoms with van der Waals surface area (Å²) in [6.07, 6.45) is 8.31. The van der Waals surface area contributed by atoms with Crippen molar-refractivity contribution in [2.75, 3.05) is 0 Å². The van der Waals surface area contributed by atoms with Gasteiger partial charge in [-0.15, -0.1) is 0 Å². The standard InChI is InChI=1S/C19H25N3O/c1-22-17-10-7-13(11-16(17)21-18(22)14-8-9-14)12-20-19(23)15-5-3-2-4-6-15/h7,10-11,14-15H,2-6,8-9,12H2,1H3,(H,20,23). The summed E-state index contributed by atoms with van der Waals surface area (Å²) in [5, 5.41) is 3.12. The normalized spacial score (nSPS) is 19.2. The highest BCUT2D eigenvalue weighted by Gasteiger charge is 2.28. The van der Waals surface area contributed by atoms with E-state index >= 15 is 0 Å². The van der Waals surface area contributed by atoms with Gasteiger partial charge in [-0.05, 0) is 43.4 Å². The topological polar surface area (TPSA) is 46.9 Å². The van der Waals surface area contributed by atoms with Gasteiger partial charge >= 0.3 is 0 Å². The van der Waals surface area contributed by atoms with Crippen LogP contribution in [0.3, 0.4) is 0 Å². The fourth-order valence-corrected chi connectivity index (χ4v) is 3.78. The maximum absolute atomic E-state index is 12.3. The Morgan fingerprint density at radius 1 is 1.22 bits per heavy atom. The van der Waals surface area contributed by atoms with Crippen LogP contribution in [0.5, 0.6) is 0 Å². The number of benzene rings is 1. The van der Waals surface area contributed by atoms with Crippen molar-refractivity contribution in [3.8, 4) is 0 Å². The Morgan fingerprint density at radius 3 is 2.74 bits per heavy atom. The van der Waals surface area contributed by atoms with Crippen molar-refractivity contribution in [3.63, 3.8) is 0 Å². The molecule has 0 radical (unpaired) electrons. The zero-order valence-electron chi connectivity index (χ0n) is 13.8. The minimum atomic E-state index is 0.226. The maximum Gasteiger partial charge on any atom is 0.223 e. The first kappa shape index (κ1) is 14.7. The number of hydrogen-bond donors (Lipinski definition) is 1. The molecule has 122 valence electrons. The summed E-state index contributed by atoms with van der Waals surface area (Å²) in [5.41, 5.74) is 3.38. The number of rotatable bonds is 4. The summed E-state index contributed by atoms with van der Waals surface area (Å²) >= 11 is 0. The van der Waals surface area contributed by atoms with Crippen molar-refractivity contribution < 1.29 is 4.79 Å². The summed E-state index contributed by atoms with van der Waals surface area (Å²) in [7, 11) is 2.10. The van der Waals surface area contributed by atoms with Gasteiger partial charge in [0.1, 0.15) is 5.82 Å². The molecule has 1 heterocycles. The average Bonchev–Trinajstić information content (AvgIpc) is 3.38. The van der Waals surface area contributed by atoms with Crippen LogP contribution < -0.4 is 5.32 Å². The fourth-order valence-electron chi connectivity index (χ4n) is 3.78. The molecule has 2 fully saturated rings. The van der Waals surface area contributed by atoms with Crippen LogP contribution in [0.15, 0.2) is 18.2 Å². The van der Waals surface area contributed by atoms with Crippen LogP contribution in [-0.4, -0.2) is 15.5 Å². The molecule has 2 aromatic rings. The second kappa shape index (κ2) is 5.99. The molecule has 0 spiro atoms. The predicted octanol–water partition coefficient (Wildman–Crippen LogP) is 3.65. The highest BCUT2D eigenvalue weighted by Crippen LogP contribution is 2.40. The molecule has 0 aliphatic heterocycles. The van der Waals surface area contributed by atoms with E-state index < -0.39 is 0 Å². The molecule has 2 aliphatic carbocycles. The fraction of sp³-hybridized carbons (Fsp3) is 0.579. The molecule has 4 nitrogen and oxygen atoms in total. The van der Waals surface area contributed by atoms with Gasteiger partial charge in [0, 0.05) is 25.4 Å². The maximum atomic E-state index is 12.3. The molecule has 23 heavy (non-hydrogen) atoms. The van der Waals surface area contributed by atoms with E-state index in [2.05, 4.69) is 35.1 Å². The highest BCUT2D eigenvalue weighted by molar-refractivity contribution is 5.79. The Hall–Kier alpha value is -1.84. The van der Waals surface area contributed by atoms with Crippen LogP contribution in [0.4, 0.5) is 0 Å². The summed E-state index contributed by atoms with van der Waals surface area (Å²) in [4.78, 5) is 17.1. The number of hydrogen-bond acceptors (Lipinski definition) is 2. The van der Waals surface area contributed by atoms with Gasteiger partial charge in [0.15, 0.2) is 0 Å². The lowest BCUT2D eigenvalue weighted by Crippen LogP contribution is -2.31. The number of aromatic nitrogens is 2. The SMILES string of the molecule is Cn1c(C2CC2)nc2cc(CNC(=O)C3CCCCC3)ccc21.